The summed E-state index contributed by atoms with van der Waals surface area (Å²) < 4.78 is 16.0. The van der Waals surface area contributed by atoms with Crippen LogP contribution in [0.3, 0.4) is 0 Å². The van der Waals surface area contributed by atoms with Gasteiger partial charge in [-0.15, -0.1) is 0 Å². The first kappa shape index (κ1) is 13.6. The van der Waals surface area contributed by atoms with Crippen LogP contribution in [0.25, 0.3) is 6.08 Å². The Morgan fingerprint density at radius 2 is 1.95 bits per heavy atom. The highest BCUT2D eigenvalue weighted by atomic mass is 79.9. The molecule has 0 bridgehead atoms. The average molecular weight is 348 g/mol. The molecule has 1 aliphatic heterocycles. The lowest BCUT2D eigenvalue weighted by Gasteiger charge is -1.99. The molecule has 0 amide bonds. The van der Waals surface area contributed by atoms with Gasteiger partial charge in [0.25, 0.3) is 5.90 Å². The number of halogens is 1. The van der Waals surface area contributed by atoms with Gasteiger partial charge in [-0.2, -0.15) is 0 Å². The minimum Gasteiger partial charge on any atom is -0.497 e. The first-order valence-electron chi connectivity index (χ1n) is 6.08. The molecular formula is C15H10BrNO4. The van der Waals surface area contributed by atoms with E-state index in [0.717, 1.165) is 11.3 Å². The second-order valence-corrected chi connectivity index (χ2v) is 4.99. The third kappa shape index (κ3) is 2.90. The molecule has 21 heavy (non-hydrogen) atoms. The van der Waals surface area contributed by atoms with Crippen LogP contribution in [-0.2, 0) is 9.53 Å². The number of carbonyl (C=O) groups excluding carboxylic acids is 1. The smallest absolute Gasteiger partial charge is 0.363 e. The van der Waals surface area contributed by atoms with Crippen LogP contribution in [0.4, 0.5) is 0 Å². The molecule has 106 valence electrons. The van der Waals surface area contributed by atoms with Crippen molar-refractivity contribution in [2.45, 2.75) is 0 Å². The zero-order valence-corrected chi connectivity index (χ0v) is 12.6. The lowest BCUT2D eigenvalue weighted by atomic mass is 10.2. The van der Waals surface area contributed by atoms with E-state index in [0.29, 0.717) is 10.4 Å². The Bertz CT molecular complexity index is 743. The Morgan fingerprint density at radius 3 is 2.57 bits per heavy atom. The topological polar surface area (TPSA) is 61.0 Å². The van der Waals surface area contributed by atoms with Crippen molar-refractivity contribution in [2.24, 2.45) is 4.99 Å². The fourth-order valence-electron chi connectivity index (χ4n) is 1.80. The number of benzene rings is 1. The molecule has 1 aromatic carbocycles. The number of ether oxygens (including phenoxy) is 2. The number of esters is 1. The summed E-state index contributed by atoms with van der Waals surface area (Å²) in [5.74, 6) is 0.794. The van der Waals surface area contributed by atoms with Gasteiger partial charge in [0, 0.05) is 0 Å². The van der Waals surface area contributed by atoms with Crippen LogP contribution in [-0.4, -0.2) is 19.0 Å². The maximum absolute atomic E-state index is 11.8. The van der Waals surface area contributed by atoms with Crippen LogP contribution in [0.5, 0.6) is 5.75 Å². The van der Waals surface area contributed by atoms with Crippen molar-refractivity contribution < 1.29 is 18.7 Å². The summed E-state index contributed by atoms with van der Waals surface area (Å²) >= 11 is 3.19. The van der Waals surface area contributed by atoms with Crippen LogP contribution in [0.1, 0.15) is 11.3 Å². The van der Waals surface area contributed by atoms with Crippen LogP contribution in [0.2, 0.25) is 0 Å². The van der Waals surface area contributed by atoms with Gasteiger partial charge in [0.2, 0.25) is 0 Å². The summed E-state index contributed by atoms with van der Waals surface area (Å²) in [7, 11) is 1.60. The lowest BCUT2D eigenvalue weighted by Crippen LogP contribution is -2.04. The molecule has 0 unspecified atom stereocenters. The Kier molecular flexibility index (Phi) is 3.62. The molecule has 0 fully saturated rings. The molecule has 0 aliphatic carbocycles. The summed E-state index contributed by atoms with van der Waals surface area (Å²) in [4.78, 5) is 16.0. The van der Waals surface area contributed by atoms with Crippen molar-refractivity contribution in [1.29, 1.82) is 0 Å². The zero-order valence-electron chi connectivity index (χ0n) is 11.0. The quantitative estimate of drug-likeness (QED) is 0.630. The second kappa shape index (κ2) is 5.57. The highest BCUT2D eigenvalue weighted by molar-refractivity contribution is 9.10. The van der Waals surface area contributed by atoms with E-state index in [1.54, 1.807) is 37.5 Å². The van der Waals surface area contributed by atoms with Crippen LogP contribution in [0, 0.1) is 0 Å². The molecule has 0 saturated heterocycles. The lowest BCUT2D eigenvalue weighted by molar-refractivity contribution is -0.130. The van der Waals surface area contributed by atoms with E-state index in [2.05, 4.69) is 20.9 Å². The highest BCUT2D eigenvalue weighted by Gasteiger charge is 2.26. The van der Waals surface area contributed by atoms with Gasteiger partial charge in [0.15, 0.2) is 16.1 Å². The molecule has 0 radical (unpaired) electrons. The Hall–Kier alpha value is -2.34. The monoisotopic (exact) mass is 347 g/mol. The summed E-state index contributed by atoms with van der Waals surface area (Å²) in [5, 5.41) is 0. The number of aliphatic imine (C=N–C) groups is 1. The van der Waals surface area contributed by atoms with Gasteiger partial charge < -0.3 is 13.9 Å². The third-order valence-corrected chi connectivity index (χ3v) is 3.25. The number of furan rings is 1. The number of cyclic esters (lactones) is 1. The fourth-order valence-corrected chi connectivity index (χ4v) is 2.11. The van der Waals surface area contributed by atoms with Gasteiger partial charge in [-0.1, -0.05) is 12.1 Å². The molecule has 5 nitrogen and oxygen atoms in total. The maximum Gasteiger partial charge on any atom is 0.363 e. The standard InChI is InChI=1S/C15H10BrNO4/c1-19-10-4-2-9(3-5-10)8-11-15(18)21-14(17-11)12-6-7-13(16)20-12/h2-8H,1H3. The van der Waals surface area contributed by atoms with E-state index < -0.39 is 5.97 Å². The number of rotatable bonds is 3. The summed E-state index contributed by atoms with van der Waals surface area (Å²) in [6, 6.07) is 10.7. The van der Waals surface area contributed by atoms with Gasteiger partial charge in [-0.3, -0.25) is 0 Å². The summed E-state index contributed by atoms with van der Waals surface area (Å²) in [6.45, 7) is 0. The number of hydrogen-bond donors (Lipinski definition) is 0. The Balaban J connectivity index is 1.88. The number of carbonyl (C=O) groups is 1. The molecule has 0 spiro atoms. The molecular weight excluding hydrogens is 338 g/mol. The van der Waals surface area contributed by atoms with Crippen molar-refractivity contribution >= 4 is 33.9 Å². The van der Waals surface area contributed by atoms with Crippen molar-refractivity contribution in [3.05, 3.63) is 58.1 Å². The minimum absolute atomic E-state index is 0.158. The molecule has 0 saturated carbocycles. The van der Waals surface area contributed by atoms with Gasteiger partial charge in [0.1, 0.15) is 5.75 Å². The molecule has 1 aromatic heterocycles. The first-order chi connectivity index (χ1) is 10.2. The minimum atomic E-state index is -0.506. The zero-order chi connectivity index (χ0) is 14.8. The Morgan fingerprint density at radius 1 is 1.19 bits per heavy atom. The average Bonchev–Trinajstić information content (AvgIpc) is 3.07. The van der Waals surface area contributed by atoms with Crippen LogP contribution >= 0.6 is 15.9 Å². The van der Waals surface area contributed by atoms with Gasteiger partial charge in [0.05, 0.1) is 7.11 Å². The predicted molar refractivity (Wildman–Crippen MR) is 80.0 cm³/mol. The fraction of sp³-hybridized carbons (Fsp3) is 0.0667. The molecule has 0 atom stereocenters. The van der Waals surface area contributed by atoms with E-state index >= 15 is 0 Å². The van der Waals surface area contributed by atoms with Crippen molar-refractivity contribution in [3.63, 3.8) is 0 Å². The molecule has 1 aliphatic rings. The maximum atomic E-state index is 11.8. The normalized spacial score (nSPS) is 16.0. The molecule has 2 heterocycles. The van der Waals surface area contributed by atoms with Crippen LogP contribution < -0.4 is 4.74 Å². The van der Waals surface area contributed by atoms with Crippen molar-refractivity contribution in [2.75, 3.05) is 7.11 Å². The van der Waals surface area contributed by atoms with E-state index in [9.17, 15) is 4.79 Å². The van der Waals surface area contributed by atoms with E-state index in [1.807, 2.05) is 12.1 Å². The third-order valence-electron chi connectivity index (χ3n) is 2.82. The molecule has 0 N–H and O–H groups in total. The largest absolute Gasteiger partial charge is 0.497 e. The molecule has 2 aromatic rings. The number of hydrogen-bond acceptors (Lipinski definition) is 5. The van der Waals surface area contributed by atoms with Crippen LogP contribution in [0.15, 0.2) is 56.2 Å². The SMILES string of the molecule is COc1ccc(C=C2N=C(c3ccc(Br)o3)OC2=O)cc1. The Labute approximate surface area is 129 Å². The van der Waals surface area contributed by atoms with Crippen molar-refractivity contribution in [1.82, 2.24) is 0 Å². The second-order valence-electron chi connectivity index (χ2n) is 4.21. The van der Waals surface area contributed by atoms with Gasteiger partial charge in [-0.25, -0.2) is 9.79 Å². The predicted octanol–water partition coefficient (Wildman–Crippen LogP) is 3.40. The van der Waals surface area contributed by atoms with Gasteiger partial charge >= 0.3 is 5.97 Å². The highest BCUT2D eigenvalue weighted by Crippen LogP contribution is 2.22. The number of nitrogens with zero attached hydrogens (tertiary/aromatic N) is 1. The van der Waals surface area contributed by atoms with E-state index in [4.69, 9.17) is 13.9 Å². The van der Waals surface area contributed by atoms with E-state index in [1.165, 1.54) is 0 Å². The van der Waals surface area contributed by atoms with E-state index in [-0.39, 0.29) is 11.6 Å². The molecule has 3 rings (SSSR count). The number of methoxy groups -OCH3 is 1. The molecule has 6 heteroatoms. The van der Waals surface area contributed by atoms with Gasteiger partial charge in [-0.05, 0) is 51.8 Å². The summed E-state index contributed by atoms with van der Waals surface area (Å²) in [6.07, 6.45) is 1.65. The van der Waals surface area contributed by atoms with Crippen molar-refractivity contribution in [3.8, 4) is 5.75 Å². The summed E-state index contributed by atoms with van der Waals surface area (Å²) in [5.41, 5.74) is 1.05. The first-order valence-corrected chi connectivity index (χ1v) is 6.87.